The minimum absolute atomic E-state index is 0.157. The Hall–Kier alpha value is -2.49. The summed E-state index contributed by atoms with van der Waals surface area (Å²) in [5.41, 5.74) is 2.10. The molecule has 0 aliphatic carbocycles. The molecule has 29 heavy (non-hydrogen) atoms. The summed E-state index contributed by atoms with van der Waals surface area (Å²) in [5.74, 6) is -0.613. The smallest absolute Gasteiger partial charge is 0.258 e. The second-order valence-electron chi connectivity index (χ2n) is 5.90. The van der Waals surface area contributed by atoms with Crippen molar-refractivity contribution in [2.75, 3.05) is 10.6 Å². The van der Waals surface area contributed by atoms with Gasteiger partial charge in [0.2, 0.25) is 0 Å². The van der Waals surface area contributed by atoms with Crippen LogP contribution < -0.4 is 16.0 Å². The van der Waals surface area contributed by atoms with E-state index >= 15 is 0 Å². The molecule has 3 aromatic rings. The lowest BCUT2D eigenvalue weighted by atomic mass is 10.2. The lowest BCUT2D eigenvalue weighted by Gasteiger charge is -2.12. The van der Waals surface area contributed by atoms with Crippen molar-refractivity contribution in [2.24, 2.45) is 0 Å². The van der Waals surface area contributed by atoms with Crippen LogP contribution in [0.1, 0.15) is 20.7 Å². The highest BCUT2D eigenvalue weighted by molar-refractivity contribution is 14.1. The maximum absolute atomic E-state index is 12.4. The number of carbonyl (C=O) groups excluding carboxylic acids is 2. The number of halogens is 2. The molecule has 3 N–H and O–H groups in total. The first-order valence-corrected chi connectivity index (χ1v) is 10.3. The van der Waals surface area contributed by atoms with Crippen molar-refractivity contribution >= 4 is 74.7 Å². The monoisotopic (exact) mass is 535 g/mol. The van der Waals surface area contributed by atoms with Crippen LogP contribution in [0.4, 0.5) is 11.4 Å². The SMILES string of the molecule is O=C(Nc1cccc(NC(=S)NC(=O)c2ccccc2I)c1)c1ccccc1Cl. The normalized spacial score (nSPS) is 10.1. The van der Waals surface area contributed by atoms with Gasteiger partial charge in [-0.3, -0.25) is 14.9 Å². The van der Waals surface area contributed by atoms with E-state index in [-0.39, 0.29) is 16.9 Å². The molecule has 0 unspecified atom stereocenters. The van der Waals surface area contributed by atoms with Gasteiger partial charge in [0.05, 0.1) is 16.1 Å². The molecular weight excluding hydrogens is 521 g/mol. The molecule has 0 aliphatic heterocycles. The van der Waals surface area contributed by atoms with Crippen molar-refractivity contribution in [1.82, 2.24) is 5.32 Å². The number of carbonyl (C=O) groups is 2. The lowest BCUT2D eigenvalue weighted by Crippen LogP contribution is -2.34. The van der Waals surface area contributed by atoms with E-state index in [1.165, 1.54) is 0 Å². The van der Waals surface area contributed by atoms with Crippen LogP contribution in [0, 0.1) is 3.57 Å². The highest BCUT2D eigenvalue weighted by atomic mass is 127. The summed E-state index contributed by atoms with van der Waals surface area (Å²) in [6.45, 7) is 0. The Morgan fingerprint density at radius 3 is 2.10 bits per heavy atom. The predicted octanol–water partition coefficient (Wildman–Crippen LogP) is 5.32. The van der Waals surface area contributed by atoms with E-state index in [4.69, 9.17) is 23.8 Å². The molecule has 3 aromatic carbocycles. The third kappa shape index (κ3) is 5.75. The van der Waals surface area contributed by atoms with Crippen molar-refractivity contribution in [2.45, 2.75) is 0 Å². The number of amides is 2. The zero-order chi connectivity index (χ0) is 20.8. The average Bonchev–Trinajstić information content (AvgIpc) is 2.68. The van der Waals surface area contributed by atoms with Gasteiger partial charge in [-0.1, -0.05) is 41.9 Å². The predicted molar refractivity (Wildman–Crippen MR) is 129 cm³/mol. The highest BCUT2D eigenvalue weighted by Crippen LogP contribution is 2.19. The maximum atomic E-state index is 12.4. The standard InChI is InChI=1S/C21H15ClIN3O2S/c22-17-10-3-1-8-15(17)19(27)24-13-6-5-7-14(12-13)25-21(29)26-20(28)16-9-2-4-11-18(16)23/h1-12H,(H,24,27)(H2,25,26,28,29). The fourth-order valence-corrected chi connectivity index (χ4v) is 3.56. The molecule has 0 atom stereocenters. The van der Waals surface area contributed by atoms with Crippen LogP contribution in [0.3, 0.4) is 0 Å². The molecular formula is C21H15ClIN3O2S. The van der Waals surface area contributed by atoms with Gasteiger partial charge in [0.1, 0.15) is 0 Å². The molecule has 5 nitrogen and oxygen atoms in total. The summed E-state index contributed by atoms with van der Waals surface area (Å²) < 4.78 is 0.828. The molecule has 146 valence electrons. The van der Waals surface area contributed by atoms with Crippen molar-refractivity contribution in [1.29, 1.82) is 0 Å². The number of hydrogen-bond acceptors (Lipinski definition) is 3. The van der Waals surface area contributed by atoms with Crippen LogP contribution in [-0.2, 0) is 0 Å². The van der Waals surface area contributed by atoms with E-state index in [1.54, 1.807) is 60.7 Å². The summed E-state index contributed by atoms with van der Waals surface area (Å²) in [6, 6.07) is 21.0. The van der Waals surface area contributed by atoms with Crippen molar-refractivity contribution < 1.29 is 9.59 Å². The third-order valence-corrected chi connectivity index (χ3v) is 5.32. The minimum Gasteiger partial charge on any atom is -0.332 e. The van der Waals surface area contributed by atoms with Crippen molar-refractivity contribution in [3.05, 3.63) is 92.5 Å². The van der Waals surface area contributed by atoms with E-state index < -0.39 is 0 Å². The first-order valence-electron chi connectivity index (χ1n) is 8.47. The van der Waals surface area contributed by atoms with Gasteiger partial charge in [0.15, 0.2) is 5.11 Å². The van der Waals surface area contributed by atoms with E-state index in [0.717, 1.165) is 3.57 Å². The third-order valence-electron chi connectivity index (χ3n) is 3.84. The number of nitrogens with one attached hydrogen (secondary N) is 3. The molecule has 0 spiro atoms. The van der Waals surface area contributed by atoms with Crippen LogP contribution in [0.5, 0.6) is 0 Å². The number of hydrogen-bond donors (Lipinski definition) is 3. The van der Waals surface area contributed by atoms with Gasteiger partial charge in [0, 0.05) is 14.9 Å². The summed E-state index contributed by atoms with van der Waals surface area (Å²) in [6.07, 6.45) is 0. The van der Waals surface area contributed by atoms with Gasteiger partial charge in [-0.25, -0.2) is 0 Å². The summed E-state index contributed by atoms with van der Waals surface area (Å²) in [5, 5.41) is 8.92. The number of anilines is 2. The molecule has 0 saturated carbocycles. The maximum Gasteiger partial charge on any atom is 0.258 e. The van der Waals surface area contributed by atoms with Crippen LogP contribution >= 0.6 is 46.4 Å². The van der Waals surface area contributed by atoms with Gasteiger partial charge in [-0.05, 0) is 77.3 Å². The fraction of sp³-hybridized carbons (Fsp3) is 0. The molecule has 0 bridgehead atoms. The van der Waals surface area contributed by atoms with Gasteiger partial charge >= 0.3 is 0 Å². The van der Waals surface area contributed by atoms with Crippen molar-refractivity contribution in [3.63, 3.8) is 0 Å². The fourth-order valence-electron chi connectivity index (χ4n) is 2.50. The Kier molecular flexibility index (Phi) is 7.18. The topological polar surface area (TPSA) is 70.2 Å². The van der Waals surface area contributed by atoms with Crippen LogP contribution in [0.15, 0.2) is 72.8 Å². The molecule has 0 aromatic heterocycles. The summed E-state index contributed by atoms with van der Waals surface area (Å²) in [7, 11) is 0. The first kappa shape index (κ1) is 21.2. The quantitative estimate of drug-likeness (QED) is 0.312. The molecule has 2 amide bonds. The van der Waals surface area contributed by atoms with Crippen LogP contribution in [0.2, 0.25) is 5.02 Å². The largest absolute Gasteiger partial charge is 0.332 e. The number of thiocarbonyl (C=S) groups is 1. The van der Waals surface area contributed by atoms with Crippen LogP contribution in [0.25, 0.3) is 0 Å². The second kappa shape index (κ2) is 9.82. The van der Waals surface area contributed by atoms with Crippen molar-refractivity contribution in [3.8, 4) is 0 Å². The second-order valence-corrected chi connectivity index (χ2v) is 7.88. The Morgan fingerprint density at radius 2 is 1.41 bits per heavy atom. The highest BCUT2D eigenvalue weighted by Gasteiger charge is 2.12. The number of rotatable bonds is 4. The Bertz CT molecular complexity index is 1090. The van der Waals surface area contributed by atoms with Gasteiger partial charge in [-0.2, -0.15) is 0 Å². The number of benzene rings is 3. The zero-order valence-electron chi connectivity index (χ0n) is 14.9. The average molecular weight is 536 g/mol. The molecule has 0 radical (unpaired) electrons. The molecule has 8 heteroatoms. The zero-order valence-corrected chi connectivity index (χ0v) is 18.6. The van der Waals surface area contributed by atoms with E-state index in [9.17, 15) is 9.59 Å². The van der Waals surface area contributed by atoms with Gasteiger partial charge in [0.25, 0.3) is 11.8 Å². The van der Waals surface area contributed by atoms with Crippen LogP contribution in [-0.4, -0.2) is 16.9 Å². The molecule has 3 rings (SSSR count). The Morgan fingerprint density at radius 1 is 0.793 bits per heavy atom. The molecule has 0 aliphatic rings. The molecule has 0 heterocycles. The van der Waals surface area contributed by atoms with E-state index in [1.807, 2.05) is 12.1 Å². The van der Waals surface area contributed by atoms with Gasteiger partial charge in [-0.15, -0.1) is 0 Å². The van der Waals surface area contributed by atoms with Gasteiger partial charge < -0.3 is 10.6 Å². The summed E-state index contributed by atoms with van der Waals surface area (Å²) >= 11 is 13.4. The Labute approximate surface area is 192 Å². The molecule has 0 fully saturated rings. The lowest BCUT2D eigenvalue weighted by molar-refractivity contribution is 0.0975. The first-order chi connectivity index (χ1) is 13.9. The summed E-state index contributed by atoms with van der Waals surface area (Å²) in [4.78, 5) is 24.8. The Balaban J connectivity index is 1.64. The van der Waals surface area contributed by atoms with E-state index in [0.29, 0.717) is 27.5 Å². The molecule has 0 saturated heterocycles. The minimum atomic E-state index is -0.317. The van der Waals surface area contributed by atoms with E-state index in [2.05, 4.69) is 38.5 Å².